The van der Waals surface area contributed by atoms with Crippen molar-refractivity contribution in [1.29, 1.82) is 0 Å². The normalized spacial score (nSPS) is 30.3. The first-order valence-electron chi connectivity index (χ1n) is 7.56. The molecule has 0 bridgehead atoms. The number of rotatable bonds is 8. The SMILES string of the molecule is C#CC1(N)[C@@H](O)[C@@H](COP(=O)(O)OP(=O)(O)OP(=O)(O)O)O[C@H]1n1cnc(=O)[nH]c1=O. The van der Waals surface area contributed by atoms with Crippen LogP contribution in [0.5, 0.6) is 0 Å². The van der Waals surface area contributed by atoms with Crippen molar-refractivity contribution in [3.8, 4) is 12.3 Å². The molecule has 1 fully saturated rings. The largest absolute Gasteiger partial charge is 0.490 e. The Kier molecular flexibility index (Phi) is 7.28. The van der Waals surface area contributed by atoms with E-state index in [4.69, 9.17) is 31.6 Å². The lowest BCUT2D eigenvalue weighted by Crippen LogP contribution is -2.55. The molecular formula is C10H15N4O14P3. The molecule has 0 aromatic carbocycles. The summed E-state index contributed by atoms with van der Waals surface area (Å²) in [4.78, 5) is 63.6. The van der Waals surface area contributed by atoms with E-state index >= 15 is 0 Å². The Labute approximate surface area is 171 Å². The van der Waals surface area contributed by atoms with Gasteiger partial charge in [0.25, 0.3) is 0 Å². The highest BCUT2D eigenvalue weighted by molar-refractivity contribution is 7.66. The molecule has 2 heterocycles. The molecule has 174 valence electrons. The molecule has 1 saturated heterocycles. The third-order valence-electron chi connectivity index (χ3n) is 3.62. The predicted octanol–water partition coefficient (Wildman–Crippen LogP) is -3.14. The third-order valence-corrected chi connectivity index (χ3v) is 7.42. The molecule has 0 radical (unpaired) electrons. The summed E-state index contributed by atoms with van der Waals surface area (Å²) in [7, 11) is -16.9. The van der Waals surface area contributed by atoms with Crippen LogP contribution in [-0.2, 0) is 31.6 Å². The number of nitrogens with zero attached hydrogens (tertiary/aromatic N) is 2. The smallest absolute Gasteiger partial charge is 0.387 e. The van der Waals surface area contributed by atoms with Gasteiger partial charge in [-0.15, -0.1) is 6.42 Å². The number of nitrogens with one attached hydrogen (secondary N) is 1. The fourth-order valence-corrected chi connectivity index (χ4v) is 5.41. The van der Waals surface area contributed by atoms with Crippen molar-refractivity contribution >= 4 is 23.5 Å². The number of nitrogens with two attached hydrogens (primary N) is 1. The average Bonchev–Trinajstić information content (AvgIpc) is 2.82. The number of phosphoric ester groups is 1. The highest BCUT2D eigenvalue weighted by Crippen LogP contribution is 2.66. The van der Waals surface area contributed by atoms with Crippen LogP contribution in [0, 0.1) is 12.3 Å². The summed E-state index contributed by atoms with van der Waals surface area (Å²) < 4.78 is 51.0. The van der Waals surface area contributed by atoms with Crippen molar-refractivity contribution in [2.45, 2.75) is 24.0 Å². The first kappa shape index (κ1) is 25.7. The van der Waals surface area contributed by atoms with Gasteiger partial charge >= 0.3 is 34.8 Å². The second-order valence-corrected chi connectivity index (χ2v) is 10.2. The van der Waals surface area contributed by atoms with Gasteiger partial charge in [0.1, 0.15) is 18.5 Å². The van der Waals surface area contributed by atoms with E-state index in [-0.39, 0.29) is 0 Å². The second kappa shape index (κ2) is 8.77. The molecule has 1 aliphatic heterocycles. The standard InChI is InChI=1S/C10H15N4O14P3/c1-2-10(11)6(15)5(26-7(10)14-4-12-8(16)13-9(14)17)3-25-30(21,22)28-31(23,24)27-29(18,19)20/h1,4-7,15H,3,11H2,(H,21,22)(H,23,24)(H,13,16,17)(H2,18,19,20)/t5-,6+,7-,10?/m1/s1. The van der Waals surface area contributed by atoms with E-state index in [2.05, 4.69) is 18.1 Å². The highest BCUT2D eigenvalue weighted by Gasteiger charge is 2.55. The van der Waals surface area contributed by atoms with Crippen molar-refractivity contribution in [3.05, 3.63) is 27.3 Å². The number of terminal acetylenes is 1. The minimum absolute atomic E-state index is 0.620. The molecule has 31 heavy (non-hydrogen) atoms. The van der Waals surface area contributed by atoms with Crippen molar-refractivity contribution in [2.24, 2.45) is 5.73 Å². The second-order valence-electron chi connectivity index (χ2n) is 5.82. The Morgan fingerprint density at radius 1 is 1.26 bits per heavy atom. The van der Waals surface area contributed by atoms with Crippen LogP contribution < -0.4 is 17.1 Å². The van der Waals surface area contributed by atoms with Crippen molar-refractivity contribution in [2.75, 3.05) is 6.61 Å². The van der Waals surface area contributed by atoms with Gasteiger partial charge in [-0.1, -0.05) is 5.92 Å². The van der Waals surface area contributed by atoms with E-state index < -0.39 is 65.4 Å². The monoisotopic (exact) mass is 508 g/mol. The first-order chi connectivity index (χ1) is 14.0. The summed E-state index contributed by atoms with van der Waals surface area (Å²) in [6.07, 6.45) is 0.846. The molecule has 21 heteroatoms. The van der Waals surface area contributed by atoms with Gasteiger partial charge in [0.05, 0.1) is 6.61 Å². The Morgan fingerprint density at radius 3 is 2.39 bits per heavy atom. The molecule has 0 saturated carbocycles. The van der Waals surface area contributed by atoms with Crippen molar-refractivity contribution < 1.29 is 56.3 Å². The lowest BCUT2D eigenvalue weighted by molar-refractivity contribution is -0.0472. The van der Waals surface area contributed by atoms with Crippen LogP contribution in [0.3, 0.4) is 0 Å². The summed E-state index contributed by atoms with van der Waals surface area (Å²) in [6, 6.07) is 0. The topological polar surface area (TPSA) is 283 Å². The Hall–Kier alpha value is -1.54. The maximum Gasteiger partial charge on any atom is 0.490 e. The van der Waals surface area contributed by atoms with Crippen LogP contribution in [0.4, 0.5) is 0 Å². The number of H-pyrrole nitrogens is 1. The lowest BCUT2D eigenvalue weighted by Gasteiger charge is -2.27. The van der Waals surface area contributed by atoms with Gasteiger partial charge in [-0.3, -0.25) is 14.1 Å². The molecule has 1 aromatic heterocycles. The summed E-state index contributed by atoms with van der Waals surface area (Å²) in [5.41, 5.74) is 1.66. The minimum atomic E-state index is -5.76. The zero-order valence-electron chi connectivity index (χ0n) is 14.8. The van der Waals surface area contributed by atoms with E-state index in [0.717, 1.165) is 0 Å². The fraction of sp³-hybridized carbons (Fsp3) is 0.500. The van der Waals surface area contributed by atoms with E-state index in [1.54, 1.807) is 4.98 Å². The first-order valence-corrected chi connectivity index (χ1v) is 12.1. The van der Waals surface area contributed by atoms with Gasteiger partial charge in [0.2, 0.25) is 0 Å². The van der Waals surface area contributed by atoms with E-state index in [1.807, 2.05) is 5.92 Å². The number of hydrogen-bond donors (Lipinski definition) is 7. The molecule has 18 nitrogen and oxygen atoms in total. The highest BCUT2D eigenvalue weighted by atomic mass is 31.3. The maximum absolute atomic E-state index is 11.9. The van der Waals surface area contributed by atoms with E-state index in [9.17, 15) is 33.3 Å². The number of aromatic nitrogens is 3. The van der Waals surface area contributed by atoms with Gasteiger partial charge in [-0.05, 0) is 0 Å². The molecule has 0 amide bonds. The van der Waals surface area contributed by atoms with Gasteiger partial charge < -0.3 is 35.2 Å². The van der Waals surface area contributed by atoms with Crippen LogP contribution in [0.25, 0.3) is 0 Å². The number of aliphatic hydroxyl groups is 1. The molecule has 1 aromatic rings. The number of aromatic amines is 1. The molecule has 2 rings (SSSR count). The van der Waals surface area contributed by atoms with E-state index in [1.165, 1.54) is 0 Å². The van der Waals surface area contributed by atoms with Crippen molar-refractivity contribution in [1.82, 2.24) is 14.5 Å². The lowest BCUT2D eigenvalue weighted by atomic mass is 9.92. The Balaban J connectivity index is 2.19. The number of hydrogen-bond acceptors (Lipinski definition) is 12. The predicted molar refractivity (Wildman–Crippen MR) is 94.6 cm³/mol. The fourth-order valence-electron chi connectivity index (χ4n) is 2.38. The Morgan fingerprint density at radius 2 is 1.87 bits per heavy atom. The average molecular weight is 508 g/mol. The molecule has 6 atom stereocenters. The van der Waals surface area contributed by atoms with Gasteiger partial charge in [-0.25, -0.2) is 23.3 Å². The van der Waals surface area contributed by atoms with Crippen LogP contribution in [0.15, 0.2) is 15.9 Å². The van der Waals surface area contributed by atoms with Crippen LogP contribution in [-0.4, -0.2) is 63.6 Å². The van der Waals surface area contributed by atoms with Gasteiger partial charge in [-0.2, -0.15) is 13.6 Å². The molecular weight excluding hydrogens is 493 g/mol. The van der Waals surface area contributed by atoms with Crippen LogP contribution in [0.2, 0.25) is 0 Å². The summed E-state index contributed by atoms with van der Waals surface area (Å²) in [6.45, 7) is -1.09. The Bertz CT molecular complexity index is 1140. The molecule has 8 N–H and O–H groups in total. The summed E-state index contributed by atoms with van der Waals surface area (Å²) >= 11 is 0. The number of aliphatic hydroxyl groups excluding tert-OH is 1. The number of phosphoric acid groups is 3. The number of ether oxygens (including phenoxy) is 1. The molecule has 0 aliphatic carbocycles. The molecule has 1 aliphatic rings. The van der Waals surface area contributed by atoms with Gasteiger partial charge in [0, 0.05) is 0 Å². The quantitative estimate of drug-likeness (QED) is 0.135. The zero-order valence-corrected chi connectivity index (χ0v) is 17.5. The molecule has 3 unspecified atom stereocenters. The van der Waals surface area contributed by atoms with Crippen LogP contribution >= 0.6 is 23.5 Å². The zero-order chi connectivity index (χ0) is 23.8. The third kappa shape index (κ3) is 6.25. The van der Waals surface area contributed by atoms with Crippen LogP contribution in [0.1, 0.15) is 6.23 Å². The van der Waals surface area contributed by atoms with Crippen molar-refractivity contribution in [3.63, 3.8) is 0 Å². The maximum atomic E-state index is 11.9. The van der Waals surface area contributed by atoms with Gasteiger partial charge in [0.15, 0.2) is 11.8 Å². The summed E-state index contributed by atoms with van der Waals surface area (Å²) in [5.74, 6) is 1.99. The minimum Gasteiger partial charge on any atom is -0.387 e. The molecule has 0 spiro atoms. The van der Waals surface area contributed by atoms with E-state index in [0.29, 0.717) is 10.9 Å². The summed E-state index contributed by atoms with van der Waals surface area (Å²) in [5, 5.41) is 10.3.